The van der Waals surface area contributed by atoms with Crippen LogP contribution in [-0.2, 0) is 28.6 Å². The molecule has 0 radical (unpaired) electrons. The SMILES string of the molecule is CC\C=C/C=C\C=C/CCCCCCCC(=O)OC(COC(=O)CCC/C=C\C/C=C\C/C=C\CC)COC(=O)CCCCC/C=C\C=C/CCCCCCCCC. The molecule has 6 heteroatoms. The van der Waals surface area contributed by atoms with Gasteiger partial charge in [0.1, 0.15) is 13.2 Å². The van der Waals surface area contributed by atoms with Gasteiger partial charge in [0.15, 0.2) is 6.10 Å². The zero-order valence-electron chi connectivity index (χ0n) is 37.3. The zero-order valence-corrected chi connectivity index (χ0v) is 37.3. The van der Waals surface area contributed by atoms with Gasteiger partial charge in [-0.2, -0.15) is 0 Å². The van der Waals surface area contributed by atoms with E-state index in [-0.39, 0.29) is 44.0 Å². The third-order valence-electron chi connectivity index (χ3n) is 9.39. The van der Waals surface area contributed by atoms with Crippen molar-refractivity contribution in [2.24, 2.45) is 0 Å². The van der Waals surface area contributed by atoms with E-state index >= 15 is 0 Å². The van der Waals surface area contributed by atoms with Crippen LogP contribution < -0.4 is 0 Å². The summed E-state index contributed by atoms with van der Waals surface area (Å²) in [7, 11) is 0. The number of carbonyl (C=O) groups is 3. The molecule has 0 aliphatic heterocycles. The van der Waals surface area contributed by atoms with E-state index in [1.807, 2.05) is 6.08 Å². The Balaban J connectivity index is 4.52. The van der Waals surface area contributed by atoms with Gasteiger partial charge in [-0.15, -0.1) is 0 Å². The fourth-order valence-corrected chi connectivity index (χ4v) is 5.92. The molecule has 0 amide bonds. The van der Waals surface area contributed by atoms with Crippen LogP contribution in [0.15, 0.2) is 97.2 Å². The number of hydrogen-bond acceptors (Lipinski definition) is 6. The van der Waals surface area contributed by atoms with Gasteiger partial charge in [0, 0.05) is 19.3 Å². The highest BCUT2D eigenvalue weighted by Gasteiger charge is 2.19. The Kier molecular flexibility index (Phi) is 43.1. The Labute approximate surface area is 356 Å². The van der Waals surface area contributed by atoms with Gasteiger partial charge < -0.3 is 14.2 Å². The quantitative estimate of drug-likeness (QED) is 0.0202. The van der Waals surface area contributed by atoms with Crippen LogP contribution in [-0.4, -0.2) is 37.2 Å². The van der Waals surface area contributed by atoms with E-state index in [0.29, 0.717) is 12.8 Å². The molecule has 0 saturated heterocycles. The molecule has 1 unspecified atom stereocenters. The number of rotatable bonds is 40. The molecule has 0 saturated carbocycles. The van der Waals surface area contributed by atoms with E-state index in [1.54, 1.807) is 0 Å². The number of carbonyl (C=O) groups excluding carboxylic acids is 3. The standard InChI is InChI=1S/C52H84O6/c1-4-7-10-13-16-19-22-24-25-26-28-30-33-36-39-42-45-51(54)57-48-49(47-56-50(53)44-41-38-35-32-29-21-18-15-12-9-6-3)58-52(55)46-43-40-37-34-31-27-23-20-17-14-11-8-5-2/h8-9,11-12,14,17-18,20-21,23,25-26,28,30,32,35,49H,4-7,10,13,15-16,19,22,24,27,29,31,33-34,36-48H2,1-3H3/b11-8-,12-9-,17-14-,21-18-,23-20-,26-25-,30-28-,35-32-. The smallest absolute Gasteiger partial charge is 0.306 e. The van der Waals surface area contributed by atoms with Crippen LogP contribution in [0.2, 0.25) is 0 Å². The van der Waals surface area contributed by atoms with Crippen LogP contribution >= 0.6 is 0 Å². The Bertz CT molecular complexity index is 1200. The molecule has 0 spiro atoms. The predicted octanol–water partition coefficient (Wildman–Crippen LogP) is 15.0. The van der Waals surface area contributed by atoms with E-state index in [0.717, 1.165) is 103 Å². The molecule has 0 aliphatic rings. The Morgan fingerprint density at radius 3 is 1.33 bits per heavy atom. The number of unbranched alkanes of at least 4 members (excludes halogenated alkanes) is 16. The van der Waals surface area contributed by atoms with Gasteiger partial charge >= 0.3 is 17.9 Å². The van der Waals surface area contributed by atoms with Crippen molar-refractivity contribution < 1.29 is 28.6 Å². The lowest BCUT2D eigenvalue weighted by molar-refractivity contribution is -0.167. The number of ether oxygens (including phenoxy) is 3. The van der Waals surface area contributed by atoms with Gasteiger partial charge in [0.2, 0.25) is 0 Å². The van der Waals surface area contributed by atoms with Gasteiger partial charge in [-0.25, -0.2) is 0 Å². The van der Waals surface area contributed by atoms with Gasteiger partial charge in [-0.3, -0.25) is 14.4 Å². The molecule has 0 aliphatic carbocycles. The lowest BCUT2D eigenvalue weighted by atomic mass is 10.1. The summed E-state index contributed by atoms with van der Waals surface area (Å²) < 4.78 is 16.6. The molecule has 58 heavy (non-hydrogen) atoms. The molecule has 0 rings (SSSR count). The molecule has 328 valence electrons. The fourth-order valence-electron chi connectivity index (χ4n) is 5.92. The second-order valence-corrected chi connectivity index (χ2v) is 15.0. The minimum absolute atomic E-state index is 0.117. The third kappa shape index (κ3) is 43.5. The summed E-state index contributed by atoms with van der Waals surface area (Å²) in [6.45, 7) is 6.26. The van der Waals surface area contributed by atoms with E-state index in [9.17, 15) is 14.4 Å². The van der Waals surface area contributed by atoms with Gasteiger partial charge in [0.25, 0.3) is 0 Å². The van der Waals surface area contributed by atoms with Gasteiger partial charge in [-0.1, -0.05) is 182 Å². The molecule has 0 heterocycles. The Morgan fingerprint density at radius 2 is 0.776 bits per heavy atom. The number of hydrogen-bond donors (Lipinski definition) is 0. The first kappa shape index (κ1) is 54.3. The molecule has 0 N–H and O–H groups in total. The normalized spacial score (nSPS) is 12.9. The van der Waals surface area contributed by atoms with Crippen LogP contribution in [0.4, 0.5) is 0 Å². The van der Waals surface area contributed by atoms with Gasteiger partial charge in [-0.05, 0) is 89.9 Å². The van der Waals surface area contributed by atoms with Crippen LogP contribution in [0.5, 0.6) is 0 Å². The van der Waals surface area contributed by atoms with Crippen LogP contribution in [0.25, 0.3) is 0 Å². The highest BCUT2D eigenvalue weighted by atomic mass is 16.6. The van der Waals surface area contributed by atoms with Crippen molar-refractivity contribution in [2.45, 2.75) is 200 Å². The molecule has 0 fully saturated rings. The van der Waals surface area contributed by atoms with Crippen LogP contribution in [0, 0.1) is 0 Å². The van der Waals surface area contributed by atoms with Crippen molar-refractivity contribution in [1.82, 2.24) is 0 Å². The molecular weight excluding hydrogens is 721 g/mol. The summed E-state index contributed by atoms with van der Waals surface area (Å²) in [5, 5.41) is 0. The van der Waals surface area contributed by atoms with E-state index in [1.165, 1.54) is 44.9 Å². The summed E-state index contributed by atoms with van der Waals surface area (Å²) in [5.41, 5.74) is 0. The Hall–Kier alpha value is -3.67. The van der Waals surface area contributed by atoms with Crippen molar-refractivity contribution in [3.63, 3.8) is 0 Å². The number of allylic oxidation sites excluding steroid dienone is 16. The summed E-state index contributed by atoms with van der Waals surface area (Å²) in [6.07, 6.45) is 59.7. The van der Waals surface area contributed by atoms with Crippen molar-refractivity contribution in [1.29, 1.82) is 0 Å². The maximum absolute atomic E-state index is 12.7. The second-order valence-electron chi connectivity index (χ2n) is 15.0. The minimum Gasteiger partial charge on any atom is -0.462 e. The first-order valence-electron chi connectivity index (χ1n) is 23.3. The van der Waals surface area contributed by atoms with Crippen molar-refractivity contribution >= 4 is 17.9 Å². The molecule has 0 aromatic heterocycles. The molecule has 1 atom stereocenters. The number of esters is 3. The largest absolute Gasteiger partial charge is 0.462 e. The summed E-state index contributed by atoms with van der Waals surface area (Å²) in [4.78, 5) is 37.7. The fraction of sp³-hybridized carbons (Fsp3) is 0.635. The average Bonchev–Trinajstić information content (AvgIpc) is 3.22. The predicted molar refractivity (Wildman–Crippen MR) is 247 cm³/mol. The molecular formula is C52H84O6. The first-order valence-corrected chi connectivity index (χ1v) is 23.3. The van der Waals surface area contributed by atoms with E-state index < -0.39 is 6.10 Å². The summed E-state index contributed by atoms with van der Waals surface area (Å²) in [5.74, 6) is -1.03. The monoisotopic (exact) mass is 805 g/mol. The average molecular weight is 805 g/mol. The van der Waals surface area contributed by atoms with Crippen molar-refractivity contribution in [3.8, 4) is 0 Å². The third-order valence-corrected chi connectivity index (χ3v) is 9.39. The topological polar surface area (TPSA) is 78.9 Å². The summed E-state index contributed by atoms with van der Waals surface area (Å²) in [6, 6.07) is 0. The lowest BCUT2D eigenvalue weighted by Gasteiger charge is -2.18. The second kappa shape index (κ2) is 46.0. The maximum atomic E-state index is 12.7. The summed E-state index contributed by atoms with van der Waals surface area (Å²) >= 11 is 0. The van der Waals surface area contributed by atoms with Crippen molar-refractivity contribution in [2.75, 3.05) is 13.2 Å². The molecule has 0 bridgehead atoms. The zero-order chi connectivity index (χ0) is 42.3. The maximum Gasteiger partial charge on any atom is 0.306 e. The lowest BCUT2D eigenvalue weighted by Crippen LogP contribution is -2.30. The molecule has 0 aromatic carbocycles. The van der Waals surface area contributed by atoms with Crippen LogP contribution in [0.3, 0.4) is 0 Å². The minimum atomic E-state index is -0.818. The first-order chi connectivity index (χ1) is 28.5. The van der Waals surface area contributed by atoms with E-state index in [2.05, 4.69) is 112 Å². The van der Waals surface area contributed by atoms with Crippen LogP contribution in [0.1, 0.15) is 194 Å². The highest BCUT2D eigenvalue weighted by Crippen LogP contribution is 2.12. The molecule has 0 aromatic rings. The Morgan fingerprint density at radius 1 is 0.379 bits per heavy atom. The van der Waals surface area contributed by atoms with Crippen molar-refractivity contribution in [3.05, 3.63) is 97.2 Å². The van der Waals surface area contributed by atoms with E-state index in [4.69, 9.17) is 14.2 Å². The molecule has 6 nitrogen and oxygen atoms in total. The highest BCUT2D eigenvalue weighted by molar-refractivity contribution is 5.71. The van der Waals surface area contributed by atoms with Gasteiger partial charge in [0.05, 0.1) is 0 Å².